The van der Waals surface area contributed by atoms with Crippen LogP contribution in [0.25, 0.3) is 22.4 Å². The van der Waals surface area contributed by atoms with Gasteiger partial charge in [-0.05, 0) is 24.3 Å². The van der Waals surface area contributed by atoms with E-state index < -0.39 is 0 Å². The first-order valence-corrected chi connectivity index (χ1v) is 5.60. The van der Waals surface area contributed by atoms with Crippen LogP contribution in [0.1, 0.15) is 0 Å². The lowest BCUT2D eigenvalue weighted by Crippen LogP contribution is -1.92. The highest BCUT2D eigenvalue weighted by atomic mass is 16.3. The number of phenols is 2. The van der Waals surface area contributed by atoms with Crippen molar-refractivity contribution in [1.82, 2.24) is 9.55 Å². The Morgan fingerprint density at radius 2 is 1.83 bits per heavy atom. The van der Waals surface area contributed by atoms with E-state index in [1.54, 1.807) is 6.07 Å². The molecule has 0 atom stereocenters. The third kappa shape index (κ3) is 1.50. The van der Waals surface area contributed by atoms with Gasteiger partial charge >= 0.3 is 0 Å². The maximum absolute atomic E-state index is 9.88. The van der Waals surface area contributed by atoms with Crippen molar-refractivity contribution in [2.75, 3.05) is 0 Å². The smallest absolute Gasteiger partial charge is 0.144 e. The zero-order valence-electron chi connectivity index (χ0n) is 9.83. The van der Waals surface area contributed by atoms with Gasteiger partial charge in [0.1, 0.15) is 17.3 Å². The molecule has 0 radical (unpaired) electrons. The molecule has 4 nitrogen and oxygen atoms in total. The first-order valence-electron chi connectivity index (χ1n) is 5.60. The van der Waals surface area contributed by atoms with E-state index in [-0.39, 0.29) is 11.5 Å². The summed E-state index contributed by atoms with van der Waals surface area (Å²) in [6.07, 6.45) is 0. The van der Waals surface area contributed by atoms with Crippen molar-refractivity contribution < 1.29 is 10.2 Å². The lowest BCUT2D eigenvalue weighted by Gasteiger charge is -2.05. The predicted molar refractivity (Wildman–Crippen MR) is 69.5 cm³/mol. The first-order chi connectivity index (χ1) is 8.66. The van der Waals surface area contributed by atoms with E-state index in [9.17, 15) is 10.2 Å². The Kier molecular flexibility index (Phi) is 2.23. The fourth-order valence-electron chi connectivity index (χ4n) is 2.10. The second-order valence-corrected chi connectivity index (χ2v) is 4.18. The molecule has 3 rings (SSSR count). The van der Waals surface area contributed by atoms with Gasteiger partial charge in [-0.15, -0.1) is 0 Å². The van der Waals surface area contributed by atoms with Crippen molar-refractivity contribution in [1.29, 1.82) is 0 Å². The van der Waals surface area contributed by atoms with Crippen LogP contribution >= 0.6 is 0 Å². The fraction of sp³-hybridized carbons (Fsp3) is 0.0714. The summed E-state index contributed by atoms with van der Waals surface area (Å²) in [5.74, 6) is 0.733. The molecule has 0 bridgehead atoms. The SMILES string of the molecule is Cn1c(-c2ccc(O)cc2O)nc2ccccc21. The normalized spacial score (nSPS) is 10.9. The second kappa shape index (κ2) is 3.77. The molecule has 0 aliphatic rings. The molecule has 1 aromatic heterocycles. The number of fused-ring (bicyclic) bond motifs is 1. The monoisotopic (exact) mass is 240 g/mol. The molecular weight excluding hydrogens is 228 g/mol. The third-order valence-electron chi connectivity index (χ3n) is 3.01. The van der Waals surface area contributed by atoms with E-state index >= 15 is 0 Å². The molecule has 2 aromatic carbocycles. The summed E-state index contributed by atoms with van der Waals surface area (Å²) in [6.45, 7) is 0. The highest BCUT2D eigenvalue weighted by Gasteiger charge is 2.13. The quantitative estimate of drug-likeness (QED) is 0.687. The second-order valence-electron chi connectivity index (χ2n) is 4.18. The first kappa shape index (κ1) is 10.7. The molecule has 0 aliphatic carbocycles. The average Bonchev–Trinajstić information content (AvgIpc) is 2.68. The van der Waals surface area contributed by atoms with E-state index in [0.717, 1.165) is 11.0 Å². The molecule has 0 spiro atoms. The molecule has 0 fully saturated rings. The van der Waals surface area contributed by atoms with Gasteiger partial charge in [0.15, 0.2) is 0 Å². The van der Waals surface area contributed by atoms with E-state index in [2.05, 4.69) is 4.98 Å². The Morgan fingerprint density at radius 3 is 2.56 bits per heavy atom. The van der Waals surface area contributed by atoms with Crippen LogP contribution in [0.2, 0.25) is 0 Å². The minimum absolute atomic E-state index is 0.0217. The van der Waals surface area contributed by atoms with Gasteiger partial charge in [-0.1, -0.05) is 12.1 Å². The van der Waals surface area contributed by atoms with Crippen LogP contribution in [0.5, 0.6) is 11.5 Å². The van der Waals surface area contributed by atoms with Crippen LogP contribution in [-0.2, 0) is 7.05 Å². The Balaban J connectivity index is 2.28. The molecule has 0 amide bonds. The van der Waals surface area contributed by atoms with Crippen molar-refractivity contribution >= 4 is 11.0 Å². The summed E-state index contributed by atoms with van der Waals surface area (Å²) in [7, 11) is 1.90. The van der Waals surface area contributed by atoms with Crippen LogP contribution in [0.15, 0.2) is 42.5 Å². The summed E-state index contributed by atoms with van der Waals surface area (Å²) in [5.41, 5.74) is 2.48. The molecule has 3 aromatic rings. The van der Waals surface area contributed by atoms with Crippen molar-refractivity contribution in [2.24, 2.45) is 7.05 Å². The minimum Gasteiger partial charge on any atom is -0.508 e. The van der Waals surface area contributed by atoms with Crippen molar-refractivity contribution in [3.05, 3.63) is 42.5 Å². The van der Waals surface area contributed by atoms with E-state index in [1.165, 1.54) is 12.1 Å². The van der Waals surface area contributed by atoms with Crippen LogP contribution < -0.4 is 0 Å². The number of imidazole rings is 1. The minimum atomic E-state index is 0.0217. The van der Waals surface area contributed by atoms with Crippen LogP contribution in [0, 0.1) is 0 Å². The topological polar surface area (TPSA) is 58.3 Å². The van der Waals surface area contributed by atoms with Gasteiger partial charge in [-0.25, -0.2) is 4.98 Å². The van der Waals surface area contributed by atoms with E-state index in [0.29, 0.717) is 11.4 Å². The number of phenolic OH excluding ortho intramolecular Hbond substituents is 2. The number of aromatic nitrogens is 2. The Labute approximate surface area is 104 Å². The molecular formula is C14H12N2O2. The molecule has 4 heteroatoms. The summed E-state index contributed by atoms with van der Waals surface area (Å²) < 4.78 is 1.92. The highest BCUT2D eigenvalue weighted by Crippen LogP contribution is 2.32. The van der Waals surface area contributed by atoms with Gasteiger partial charge in [0.25, 0.3) is 0 Å². The van der Waals surface area contributed by atoms with Gasteiger partial charge in [0.2, 0.25) is 0 Å². The zero-order valence-corrected chi connectivity index (χ0v) is 9.83. The van der Waals surface area contributed by atoms with Gasteiger partial charge in [0, 0.05) is 13.1 Å². The number of aryl methyl sites for hydroxylation is 1. The van der Waals surface area contributed by atoms with E-state index in [4.69, 9.17) is 0 Å². The summed E-state index contributed by atoms with van der Waals surface area (Å²) in [5, 5.41) is 19.2. The molecule has 0 aliphatic heterocycles. The van der Waals surface area contributed by atoms with Crippen molar-refractivity contribution in [3.8, 4) is 22.9 Å². The number of rotatable bonds is 1. The average molecular weight is 240 g/mol. The van der Waals surface area contributed by atoms with Crippen molar-refractivity contribution in [3.63, 3.8) is 0 Å². The number of aromatic hydroxyl groups is 2. The highest BCUT2D eigenvalue weighted by molar-refractivity contribution is 5.81. The summed E-state index contributed by atoms with van der Waals surface area (Å²) in [4.78, 5) is 4.49. The standard InChI is InChI=1S/C14H12N2O2/c1-16-12-5-3-2-4-11(12)15-14(16)10-7-6-9(17)8-13(10)18/h2-8,17-18H,1H3. The molecule has 18 heavy (non-hydrogen) atoms. The number of benzene rings is 2. The van der Waals surface area contributed by atoms with Gasteiger partial charge in [-0.3, -0.25) is 0 Å². The lowest BCUT2D eigenvalue weighted by atomic mass is 10.2. The van der Waals surface area contributed by atoms with Gasteiger partial charge < -0.3 is 14.8 Å². The Hall–Kier alpha value is -2.49. The Morgan fingerprint density at radius 1 is 1.06 bits per heavy atom. The number of para-hydroxylation sites is 2. The van der Waals surface area contributed by atoms with Gasteiger partial charge in [0.05, 0.1) is 16.6 Å². The maximum Gasteiger partial charge on any atom is 0.144 e. The zero-order chi connectivity index (χ0) is 12.7. The number of hydrogen-bond donors (Lipinski definition) is 2. The lowest BCUT2D eigenvalue weighted by molar-refractivity contribution is 0.451. The number of hydrogen-bond acceptors (Lipinski definition) is 3. The maximum atomic E-state index is 9.88. The predicted octanol–water partition coefficient (Wildman–Crippen LogP) is 2.65. The Bertz CT molecular complexity index is 732. The third-order valence-corrected chi connectivity index (χ3v) is 3.01. The molecule has 2 N–H and O–H groups in total. The van der Waals surface area contributed by atoms with Crippen molar-refractivity contribution in [2.45, 2.75) is 0 Å². The fourth-order valence-corrected chi connectivity index (χ4v) is 2.10. The van der Waals surface area contributed by atoms with Gasteiger partial charge in [-0.2, -0.15) is 0 Å². The molecule has 0 saturated heterocycles. The van der Waals surface area contributed by atoms with Crippen LogP contribution in [0.4, 0.5) is 0 Å². The summed E-state index contributed by atoms with van der Waals surface area (Å²) >= 11 is 0. The molecule has 90 valence electrons. The largest absolute Gasteiger partial charge is 0.508 e. The summed E-state index contributed by atoms with van der Waals surface area (Å²) in [6, 6.07) is 12.3. The van der Waals surface area contributed by atoms with E-state index in [1.807, 2.05) is 35.9 Å². The molecule has 0 saturated carbocycles. The van der Waals surface area contributed by atoms with Crippen LogP contribution in [0.3, 0.4) is 0 Å². The molecule has 0 unspecified atom stereocenters. The number of nitrogens with zero attached hydrogens (tertiary/aromatic N) is 2. The van der Waals surface area contributed by atoms with Crippen LogP contribution in [-0.4, -0.2) is 19.8 Å². The molecule has 1 heterocycles.